The van der Waals surface area contributed by atoms with E-state index in [1.165, 1.54) is 11.8 Å². The molecule has 0 bridgehead atoms. The highest BCUT2D eigenvalue weighted by Gasteiger charge is 2.11. The summed E-state index contributed by atoms with van der Waals surface area (Å²) in [6, 6.07) is 9.00. The van der Waals surface area contributed by atoms with Crippen LogP contribution in [0.25, 0.3) is 0 Å². The first kappa shape index (κ1) is 18.7. The van der Waals surface area contributed by atoms with Crippen molar-refractivity contribution in [2.75, 3.05) is 0 Å². The fraction of sp³-hybridized carbons (Fsp3) is 0.333. The number of nitriles is 1. The molecule has 0 saturated carbocycles. The third-order valence-corrected chi connectivity index (χ3v) is 4.27. The minimum Gasteiger partial charge on any atom is -0.459 e. The largest absolute Gasteiger partial charge is 0.459 e. The molecule has 0 saturated heterocycles. The number of thioether (sulfide) groups is 1. The maximum atomic E-state index is 11.9. The van der Waals surface area contributed by atoms with Gasteiger partial charge in [-0.1, -0.05) is 30.8 Å². The highest BCUT2D eigenvalue weighted by molar-refractivity contribution is 7.98. The third-order valence-electron chi connectivity index (χ3n) is 3.33. The van der Waals surface area contributed by atoms with Gasteiger partial charge in [-0.25, -0.2) is 9.78 Å². The van der Waals surface area contributed by atoms with Gasteiger partial charge in [0.15, 0.2) is 5.16 Å². The number of hydrogen-bond acceptors (Lipinski definition) is 6. The van der Waals surface area contributed by atoms with E-state index in [1.807, 2.05) is 25.1 Å². The fourth-order valence-electron chi connectivity index (χ4n) is 2.11. The molecule has 0 aliphatic carbocycles. The molecule has 0 fully saturated rings. The highest BCUT2D eigenvalue weighted by atomic mass is 32.2. The van der Waals surface area contributed by atoms with Gasteiger partial charge in [0.25, 0.3) is 5.56 Å². The van der Waals surface area contributed by atoms with Crippen LogP contribution in [0.3, 0.4) is 0 Å². The zero-order chi connectivity index (χ0) is 18.4. The Hall–Kier alpha value is -2.59. The first-order valence-electron chi connectivity index (χ1n) is 7.90. The number of carbonyl (C=O) groups is 1. The van der Waals surface area contributed by atoms with Crippen molar-refractivity contribution in [1.82, 2.24) is 9.97 Å². The van der Waals surface area contributed by atoms with Crippen LogP contribution in [-0.2, 0) is 16.9 Å². The van der Waals surface area contributed by atoms with Crippen LogP contribution in [0, 0.1) is 11.3 Å². The monoisotopic (exact) mass is 357 g/mol. The number of H-pyrrole nitrogens is 1. The van der Waals surface area contributed by atoms with Crippen LogP contribution in [0.4, 0.5) is 0 Å². The van der Waals surface area contributed by atoms with Crippen LogP contribution in [0.5, 0.6) is 0 Å². The topological polar surface area (TPSA) is 95.8 Å². The van der Waals surface area contributed by atoms with E-state index in [4.69, 9.17) is 10.00 Å². The van der Waals surface area contributed by atoms with E-state index in [1.54, 1.807) is 26.0 Å². The quantitative estimate of drug-likeness (QED) is 0.485. The molecule has 0 aliphatic rings. The Morgan fingerprint density at radius 1 is 1.36 bits per heavy atom. The Morgan fingerprint density at radius 3 is 2.60 bits per heavy atom. The Morgan fingerprint density at radius 2 is 2.04 bits per heavy atom. The summed E-state index contributed by atoms with van der Waals surface area (Å²) in [5.74, 6) is 0.234. The van der Waals surface area contributed by atoms with Gasteiger partial charge in [0.1, 0.15) is 11.6 Å². The summed E-state index contributed by atoms with van der Waals surface area (Å²) in [6.07, 6.45) is 0.363. The molecular formula is C18H19N3O3S. The number of benzene rings is 1. The number of nitrogens with one attached hydrogen (secondary N) is 1. The lowest BCUT2D eigenvalue weighted by atomic mass is 10.1. The fourth-order valence-corrected chi connectivity index (χ4v) is 2.94. The molecule has 25 heavy (non-hydrogen) atoms. The molecule has 1 aromatic carbocycles. The molecule has 6 nitrogen and oxygen atoms in total. The Kier molecular flexibility index (Phi) is 6.37. The summed E-state index contributed by atoms with van der Waals surface area (Å²) >= 11 is 1.37. The molecule has 1 heterocycles. The van der Waals surface area contributed by atoms with E-state index in [9.17, 15) is 9.59 Å². The molecule has 1 N–H and O–H groups in total. The Bertz CT molecular complexity index is 851. The lowest BCUT2D eigenvalue weighted by Gasteiger charge is -2.08. The average molecular weight is 357 g/mol. The van der Waals surface area contributed by atoms with Crippen molar-refractivity contribution in [2.24, 2.45) is 0 Å². The standard InChI is InChI=1S/C18H19N3O3S/c1-4-15-14(9-19)16(22)21-18(20-15)25-10-12-5-7-13(8-6-12)17(23)24-11(2)3/h5-8,11H,4,10H2,1-3H3,(H,20,21,22). The van der Waals surface area contributed by atoms with Crippen molar-refractivity contribution in [3.8, 4) is 6.07 Å². The number of aryl methyl sites for hydroxylation is 1. The molecule has 7 heteroatoms. The number of nitrogens with zero attached hydrogens (tertiary/aromatic N) is 2. The van der Waals surface area contributed by atoms with Crippen LogP contribution in [0.2, 0.25) is 0 Å². The van der Waals surface area contributed by atoms with E-state index in [0.717, 1.165) is 5.56 Å². The van der Waals surface area contributed by atoms with Gasteiger partial charge in [0.05, 0.1) is 17.4 Å². The Labute approximate surface area is 150 Å². The van der Waals surface area contributed by atoms with Gasteiger partial charge in [-0.3, -0.25) is 4.79 Å². The van der Waals surface area contributed by atoms with Crippen molar-refractivity contribution in [2.45, 2.75) is 44.2 Å². The maximum absolute atomic E-state index is 11.9. The molecule has 2 aromatic rings. The zero-order valence-electron chi connectivity index (χ0n) is 14.3. The average Bonchev–Trinajstić information content (AvgIpc) is 2.59. The predicted molar refractivity (Wildman–Crippen MR) is 95.5 cm³/mol. The number of ether oxygens (including phenoxy) is 1. The third kappa shape index (κ3) is 4.94. The summed E-state index contributed by atoms with van der Waals surface area (Å²) in [5.41, 5.74) is 1.64. The summed E-state index contributed by atoms with van der Waals surface area (Å²) in [4.78, 5) is 30.6. The molecule has 2 rings (SSSR count). The highest BCUT2D eigenvalue weighted by Crippen LogP contribution is 2.20. The number of carbonyl (C=O) groups excluding carboxylic acids is 1. The zero-order valence-corrected chi connectivity index (χ0v) is 15.1. The van der Waals surface area contributed by atoms with E-state index in [2.05, 4.69) is 9.97 Å². The van der Waals surface area contributed by atoms with E-state index < -0.39 is 5.56 Å². The predicted octanol–water partition coefficient (Wildman–Crippen LogP) is 3.06. The molecule has 0 atom stereocenters. The van der Waals surface area contributed by atoms with Crippen molar-refractivity contribution >= 4 is 17.7 Å². The van der Waals surface area contributed by atoms with Gasteiger partial charge in [0.2, 0.25) is 0 Å². The summed E-state index contributed by atoms with van der Waals surface area (Å²) in [7, 11) is 0. The van der Waals surface area contributed by atoms with Crippen LogP contribution < -0.4 is 5.56 Å². The van der Waals surface area contributed by atoms with Gasteiger partial charge >= 0.3 is 5.97 Å². The molecular weight excluding hydrogens is 338 g/mol. The van der Waals surface area contributed by atoms with Gasteiger partial charge in [-0.15, -0.1) is 0 Å². The summed E-state index contributed by atoms with van der Waals surface area (Å²) in [6.45, 7) is 5.46. The van der Waals surface area contributed by atoms with Crippen molar-refractivity contribution in [3.63, 3.8) is 0 Å². The molecule has 0 radical (unpaired) electrons. The Balaban J connectivity index is 2.07. The number of aromatic nitrogens is 2. The second-order valence-corrected chi connectivity index (χ2v) is 6.56. The number of esters is 1. The second-order valence-electron chi connectivity index (χ2n) is 5.60. The molecule has 0 aliphatic heterocycles. The van der Waals surface area contributed by atoms with E-state index in [-0.39, 0.29) is 17.6 Å². The molecule has 1 aromatic heterocycles. The minimum absolute atomic E-state index is 0.0693. The molecule has 0 amide bonds. The lowest BCUT2D eigenvalue weighted by Crippen LogP contribution is -2.16. The van der Waals surface area contributed by atoms with Crippen LogP contribution in [0.15, 0.2) is 34.2 Å². The maximum Gasteiger partial charge on any atom is 0.338 e. The molecule has 130 valence electrons. The van der Waals surface area contributed by atoms with Gasteiger partial charge in [-0.05, 0) is 38.0 Å². The second kappa shape index (κ2) is 8.49. The molecule has 0 spiro atoms. The van der Waals surface area contributed by atoms with Crippen molar-refractivity contribution in [3.05, 3.63) is 57.0 Å². The van der Waals surface area contributed by atoms with Gasteiger partial charge in [-0.2, -0.15) is 5.26 Å². The normalized spacial score (nSPS) is 10.5. The summed E-state index contributed by atoms with van der Waals surface area (Å²) in [5, 5.41) is 9.48. The van der Waals surface area contributed by atoms with Gasteiger partial charge in [0, 0.05) is 5.75 Å². The van der Waals surface area contributed by atoms with Crippen LogP contribution >= 0.6 is 11.8 Å². The van der Waals surface area contributed by atoms with Gasteiger partial charge < -0.3 is 9.72 Å². The van der Waals surface area contributed by atoms with Crippen LogP contribution in [-0.4, -0.2) is 22.0 Å². The van der Waals surface area contributed by atoms with Crippen molar-refractivity contribution < 1.29 is 9.53 Å². The van der Waals surface area contributed by atoms with Crippen LogP contribution in [0.1, 0.15) is 48.0 Å². The summed E-state index contributed by atoms with van der Waals surface area (Å²) < 4.78 is 5.15. The number of hydrogen-bond donors (Lipinski definition) is 1. The van der Waals surface area contributed by atoms with Crippen molar-refractivity contribution in [1.29, 1.82) is 5.26 Å². The first-order chi connectivity index (χ1) is 11.9. The number of aromatic amines is 1. The minimum atomic E-state index is -0.413. The lowest BCUT2D eigenvalue weighted by molar-refractivity contribution is 0.0378. The SMILES string of the molecule is CCc1nc(SCc2ccc(C(=O)OC(C)C)cc2)[nH]c(=O)c1C#N. The number of rotatable bonds is 6. The molecule has 0 unspecified atom stereocenters. The smallest absolute Gasteiger partial charge is 0.338 e. The van der Waals surface area contributed by atoms with E-state index in [0.29, 0.717) is 28.6 Å². The first-order valence-corrected chi connectivity index (χ1v) is 8.89. The van der Waals surface area contributed by atoms with E-state index >= 15 is 0 Å².